The molecule has 15 heavy (non-hydrogen) atoms. The standard InChI is InChI=1S/C10H14N4S/c1-3-4-14-7-12-5-8(14)9-6-13-10(11-2)15-9/h5-7H,3-4H2,1-2H3,(H,11,13). The number of anilines is 1. The Morgan fingerprint density at radius 2 is 2.33 bits per heavy atom. The van der Waals surface area contributed by atoms with Crippen LogP contribution in [-0.2, 0) is 6.54 Å². The minimum absolute atomic E-state index is 0.939. The number of nitrogens with one attached hydrogen (secondary N) is 1. The molecule has 5 heteroatoms. The molecule has 0 aliphatic rings. The molecule has 0 saturated heterocycles. The van der Waals surface area contributed by atoms with Gasteiger partial charge in [0.1, 0.15) is 0 Å². The second kappa shape index (κ2) is 4.44. The second-order valence-electron chi connectivity index (χ2n) is 3.25. The first-order chi connectivity index (χ1) is 7.35. The van der Waals surface area contributed by atoms with Crippen molar-refractivity contribution in [3.8, 4) is 10.6 Å². The van der Waals surface area contributed by atoms with E-state index in [1.807, 2.05) is 25.8 Å². The maximum Gasteiger partial charge on any atom is 0.182 e. The molecule has 1 N–H and O–H groups in total. The molecule has 4 nitrogen and oxygen atoms in total. The van der Waals surface area contributed by atoms with E-state index in [0.29, 0.717) is 0 Å². The van der Waals surface area contributed by atoms with Crippen LogP contribution in [0.2, 0.25) is 0 Å². The van der Waals surface area contributed by atoms with Crippen molar-refractivity contribution in [1.82, 2.24) is 14.5 Å². The summed E-state index contributed by atoms with van der Waals surface area (Å²) in [5.74, 6) is 0. The van der Waals surface area contributed by atoms with E-state index in [-0.39, 0.29) is 0 Å². The molecule has 2 heterocycles. The van der Waals surface area contributed by atoms with E-state index in [9.17, 15) is 0 Å². The van der Waals surface area contributed by atoms with Crippen LogP contribution in [0.1, 0.15) is 13.3 Å². The quantitative estimate of drug-likeness (QED) is 0.864. The minimum Gasteiger partial charge on any atom is -0.365 e. The van der Waals surface area contributed by atoms with Gasteiger partial charge in [0.05, 0.1) is 23.1 Å². The average Bonchev–Trinajstić information content (AvgIpc) is 2.85. The monoisotopic (exact) mass is 222 g/mol. The molecule has 0 aromatic carbocycles. The van der Waals surface area contributed by atoms with Gasteiger partial charge in [-0.3, -0.25) is 0 Å². The third kappa shape index (κ3) is 2.02. The third-order valence-corrected chi connectivity index (χ3v) is 3.19. The van der Waals surface area contributed by atoms with E-state index in [4.69, 9.17) is 0 Å². The minimum atomic E-state index is 0.939. The molecule has 0 amide bonds. The van der Waals surface area contributed by atoms with Crippen molar-refractivity contribution >= 4 is 16.5 Å². The van der Waals surface area contributed by atoms with Crippen molar-refractivity contribution in [2.75, 3.05) is 12.4 Å². The highest BCUT2D eigenvalue weighted by Crippen LogP contribution is 2.28. The van der Waals surface area contributed by atoms with Crippen LogP contribution in [-0.4, -0.2) is 21.6 Å². The molecule has 80 valence electrons. The Balaban J connectivity index is 2.31. The van der Waals surface area contributed by atoms with Gasteiger partial charge in [-0.2, -0.15) is 0 Å². The Labute approximate surface area is 93.0 Å². The number of thiazole rings is 1. The maximum absolute atomic E-state index is 4.26. The van der Waals surface area contributed by atoms with Crippen LogP contribution in [0.15, 0.2) is 18.7 Å². The zero-order chi connectivity index (χ0) is 10.7. The lowest BCUT2D eigenvalue weighted by atomic mass is 10.4. The SMILES string of the molecule is CCCn1cncc1-c1cnc(NC)s1. The van der Waals surface area contributed by atoms with Crippen LogP contribution in [0.3, 0.4) is 0 Å². The fourth-order valence-corrected chi connectivity index (χ4v) is 2.25. The van der Waals surface area contributed by atoms with Crippen LogP contribution < -0.4 is 5.32 Å². The Morgan fingerprint density at radius 1 is 1.47 bits per heavy atom. The largest absolute Gasteiger partial charge is 0.365 e. The first kappa shape index (κ1) is 10.2. The molecular weight excluding hydrogens is 208 g/mol. The Bertz CT molecular complexity index is 432. The molecule has 2 aromatic rings. The van der Waals surface area contributed by atoms with Crippen molar-refractivity contribution in [1.29, 1.82) is 0 Å². The number of hydrogen-bond donors (Lipinski definition) is 1. The number of nitrogens with zero attached hydrogens (tertiary/aromatic N) is 3. The van der Waals surface area contributed by atoms with Gasteiger partial charge in [-0.25, -0.2) is 9.97 Å². The lowest BCUT2D eigenvalue weighted by Crippen LogP contribution is -1.95. The highest BCUT2D eigenvalue weighted by atomic mass is 32.1. The van der Waals surface area contributed by atoms with Crippen molar-refractivity contribution in [2.24, 2.45) is 0 Å². The van der Waals surface area contributed by atoms with Gasteiger partial charge in [0, 0.05) is 19.8 Å². The number of aromatic nitrogens is 3. The van der Waals surface area contributed by atoms with Crippen LogP contribution in [0, 0.1) is 0 Å². The Kier molecular flexibility index (Phi) is 3.01. The summed E-state index contributed by atoms with van der Waals surface area (Å²) in [5, 5.41) is 3.98. The van der Waals surface area contributed by atoms with Crippen LogP contribution in [0.4, 0.5) is 5.13 Å². The van der Waals surface area contributed by atoms with Gasteiger partial charge in [0.15, 0.2) is 5.13 Å². The first-order valence-corrected chi connectivity index (χ1v) is 5.81. The maximum atomic E-state index is 4.26. The molecule has 0 unspecified atom stereocenters. The van der Waals surface area contributed by atoms with Gasteiger partial charge < -0.3 is 9.88 Å². The molecule has 0 atom stereocenters. The summed E-state index contributed by atoms with van der Waals surface area (Å²) in [4.78, 5) is 9.59. The molecule has 2 aromatic heterocycles. The zero-order valence-electron chi connectivity index (χ0n) is 8.90. The smallest absolute Gasteiger partial charge is 0.182 e. The molecule has 0 fully saturated rings. The van der Waals surface area contributed by atoms with Crippen LogP contribution in [0.25, 0.3) is 10.6 Å². The molecule has 2 rings (SSSR count). The molecule has 0 aliphatic heterocycles. The molecule has 0 radical (unpaired) electrons. The molecule has 0 bridgehead atoms. The van der Waals surface area contributed by atoms with E-state index in [1.165, 1.54) is 0 Å². The predicted octanol–water partition coefficient (Wildman–Crippen LogP) is 2.46. The van der Waals surface area contributed by atoms with Gasteiger partial charge in [0.2, 0.25) is 0 Å². The van der Waals surface area contributed by atoms with Crippen molar-refractivity contribution in [2.45, 2.75) is 19.9 Å². The number of imidazole rings is 1. The highest BCUT2D eigenvalue weighted by molar-refractivity contribution is 7.18. The van der Waals surface area contributed by atoms with E-state index in [1.54, 1.807) is 11.3 Å². The lowest BCUT2D eigenvalue weighted by molar-refractivity contribution is 0.685. The van der Waals surface area contributed by atoms with E-state index < -0.39 is 0 Å². The topological polar surface area (TPSA) is 42.7 Å². The van der Waals surface area contributed by atoms with E-state index in [2.05, 4.69) is 26.8 Å². The summed E-state index contributed by atoms with van der Waals surface area (Å²) in [6, 6.07) is 0. The summed E-state index contributed by atoms with van der Waals surface area (Å²) in [6.07, 6.45) is 6.76. The predicted molar refractivity (Wildman–Crippen MR) is 63.2 cm³/mol. The summed E-state index contributed by atoms with van der Waals surface area (Å²) in [5.41, 5.74) is 1.15. The molecule has 0 spiro atoms. The number of rotatable bonds is 4. The van der Waals surface area contributed by atoms with Crippen molar-refractivity contribution in [3.05, 3.63) is 18.7 Å². The molecule has 0 saturated carbocycles. The molecule has 0 aliphatic carbocycles. The van der Waals surface area contributed by atoms with Crippen LogP contribution >= 0.6 is 11.3 Å². The van der Waals surface area contributed by atoms with Gasteiger partial charge >= 0.3 is 0 Å². The fourth-order valence-electron chi connectivity index (χ4n) is 1.45. The average molecular weight is 222 g/mol. The Hall–Kier alpha value is -1.36. The lowest BCUT2D eigenvalue weighted by Gasteiger charge is -2.03. The zero-order valence-corrected chi connectivity index (χ0v) is 9.71. The first-order valence-electron chi connectivity index (χ1n) is 4.99. The van der Waals surface area contributed by atoms with Crippen molar-refractivity contribution in [3.63, 3.8) is 0 Å². The summed E-state index contributed by atoms with van der Waals surface area (Å²) < 4.78 is 2.16. The van der Waals surface area contributed by atoms with Crippen molar-refractivity contribution < 1.29 is 0 Å². The van der Waals surface area contributed by atoms with Gasteiger partial charge in [-0.1, -0.05) is 18.3 Å². The van der Waals surface area contributed by atoms with E-state index >= 15 is 0 Å². The number of hydrogen-bond acceptors (Lipinski definition) is 4. The second-order valence-corrected chi connectivity index (χ2v) is 4.28. The van der Waals surface area contributed by atoms with Gasteiger partial charge in [0.25, 0.3) is 0 Å². The summed E-state index contributed by atoms with van der Waals surface area (Å²) >= 11 is 1.65. The van der Waals surface area contributed by atoms with Gasteiger partial charge in [-0.05, 0) is 6.42 Å². The summed E-state index contributed by atoms with van der Waals surface area (Å²) in [7, 11) is 1.88. The highest BCUT2D eigenvalue weighted by Gasteiger charge is 2.07. The number of aryl methyl sites for hydroxylation is 1. The van der Waals surface area contributed by atoms with Crippen LogP contribution in [0.5, 0.6) is 0 Å². The van der Waals surface area contributed by atoms with E-state index in [0.717, 1.165) is 28.7 Å². The van der Waals surface area contributed by atoms with Gasteiger partial charge in [-0.15, -0.1) is 0 Å². The molecular formula is C10H14N4S. The Morgan fingerprint density at radius 3 is 3.00 bits per heavy atom. The normalized spacial score (nSPS) is 10.5. The summed E-state index contributed by atoms with van der Waals surface area (Å²) in [6.45, 7) is 3.16. The third-order valence-electron chi connectivity index (χ3n) is 2.15. The fraction of sp³-hybridized carbons (Fsp3) is 0.400.